The Hall–Kier alpha value is -3.10. The van der Waals surface area contributed by atoms with Crippen LogP contribution in [0.4, 0.5) is 5.82 Å². The molecule has 7 nitrogen and oxygen atoms in total. The van der Waals surface area contributed by atoms with Crippen LogP contribution in [-0.4, -0.2) is 51.2 Å². The van der Waals surface area contributed by atoms with Crippen LogP contribution in [0.2, 0.25) is 0 Å². The van der Waals surface area contributed by atoms with Crippen molar-refractivity contribution in [1.82, 2.24) is 25.1 Å². The summed E-state index contributed by atoms with van der Waals surface area (Å²) in [6.07, 6.45) is 3.97. The van der Waals surface area contributed by atoms with E-state index in [1.54, 1.807) is 17.5 Å². The molecule has 0 spiro atoms. The zero-order chi connectivity index (χ0) is 21.2. The van der Waals surface area contributed by atoms with E-state index in [2.05, 4.69) is 44.2 Å². The molecule has 8 heteroatoms. The summed E-state index contributed by atoms with van der Waals surface area (Å²) in [5.41, 5.74) is 1.03. The molecule has 3 aromatic heterocycles. The molecule has 5 rings (SSSR count). The van der Waals surface area contributed by atoms with Gasteiger partial charge in [0.05, 0.1) is 11.9 Å². The zero-order valence-electron chi connectivity index (χ0n) is 17.4. The van der Waals surface area contributed by atoms with Gasteiger partial charge in [-0.05, 0) is 43.7 Å². The molecule has 0 saturated carbocycles. The highest BCUT2D eigenvalue weighted by Gasteiger charge is 2.27. The van der Waals surface area contributed by atoms with Gasteiger partial charge in [-0.15, -0.1) is 16.4 Å². The third-order valence-corrected chi connectivity index (χ3v) is 6.76. The van der Waals surface area contributed by atoms with E-state index in [0.29, 0.717) is 23.8 Å². The van der Waals surface area contributed by atoms with E-state index in [4.69, 9.17) is 4.98 Å². The van der Waals surface area contributed by atoms with Gasteiger partial charge in [0, 0.05) is 30.2 Å². The number of nitrogens with one attached hydrogen (secondary N) is 1. The van der Waals surface area contributed by atoms with E-state index in [1.165, 1.54) is 0 Å². The topological polar surface area (TPSA) is 78.0 Å². The van der Waals surface area contributed by atoms with Crippen LogP contribution >= 0.6 is 11.3 Å². The van der Waals surface area contributed by atoms with E-state index in [1.807, 2.05) is 36.4 Å². The third kappa shape index (κ3) is 4.22. The largest absolute Gasteiger partial charge is 0.351 e. The van der Waals surface area contributed by atoms with Crippen molar-refractivity contribution in [2.75, 3.05) is 25.0 Å². The van der Waals surface area contributed by atoms with Gasteiger partial charge in [0.2, 0.25) is 0 Å². The van der Waals surface area contributed by atoms with Crippen molar-refractivity contribution >= 4 is 27.4 Å². The van der Waals surface area contributed by atoms with Crippen molar-refractivity contribution in [3.63, 3.8) is 0 Å². The normalized spacial score (nSPS) is 16.5. The SMILES string of the molecule is CN(Cc1nc2sc(-c3ccccc3)cc2c(=O)[nH]1)CC1CCCN1c1cccnn1. The number of anilines is 1. The minimum absolute atomic E-state index is 0.0751. The number of benzene rings is 1. The smallest absolute Gasteiger partial charge is 0.259 e. The van der Waals surface area contributed by atoms with Gasteiger partial charge >= 0.3 is 0 Å². The molecule has 1 atom stereocenters. The fourth-order valence-corrected chi connectivity index (χ4v) is 5.31. The molecule has 1 N–H and O–H groups in total. The summed E-state index contributed by atoms with van der Waals surface area (Å²) in [7, 11) is 2.07. The molecule has 1 saturated heterocycles. The van der Waals surface area contributed by atoms with Gasteiger partial charge in [-0.3, -0.25) is 9.69 Å². The van der Waals surface area contributed by atoms with Gasteiger partial charge in [-0.1, -0.05) is 30.3 Å². The van der Waals surface area contributed by atoms with Crippen LogP contribution in [0, 0.1) is 0 Å². The molecule has 1 aromatic carbocycles. The summed E-state index contributed by atoms with van der Waals surface area (Å²) in [5, 5.41) is 8.95. The number of aromatic nitrogens is 4. The Morgan fingerprint density at radius 3 is 2.90 bits per heavy atom. The first-order valence-corrected chi connectivity index (χ1v) is 11.3. The van der Waals surface area contributed by atoms with Crippen LogP contribution in [0.1, 0.15) is 18.7 Å². The molecule has 4 heterocycles. The second-order valence-electron chi connectivity index (χ2n) is 7.98. The average Bonchev–Trinajstić information content (AvgIpc) is 3.42. The molecule has 0 amide bonds. The van der Waals surface area contributed by atoms with Gasteiger partial charge in [-0.25, -0.2) is 4.98 Å². The molecular formula is C23H24N6OS. The second-order valence-corrected chi connectivity index (χ2v) is 9.01. The van der Waals surface area contributed by atoms with E-state index in [-0.39, 0.29) is 5.56 Å². The van der Waals surface area contributed by atoms with E-state index in [9.17, 15) is 4.79 Å². The van der Waals surface area contributed by atoms with Gasteiger partial charge < -0.3 is 9.88 Å². The molecule has 31 heavy (non-hydrogen) atoms. The molecule has 1 aliphatic heterocycles. The van der Waals surface area contributed by atoms with Gasteiger partial charge in [0.25, 0.3) is 5.56 Å². The highest BCUT2D eigenvalue weighted by molar-refractivity contribution is 7.21. The molecule has 0 radical (unpaired) electrons. The number of aromatic amines is 1. The predicted molar refractivity (Wildman–Crippen MR) is 124 cm³/mol. The lowest BCUT2D eigenvalue weighted by Crippen LogP contribution is -2.39. The third-order valence-electron chi connectivity index (χ3n) is 5.68. The average molecular weight is 433 g/mol. The minimum atomic E-state index is -0.0751. The number of fused-ring (bicyclic) bond motifs is 1. The Bertz CT molecular complexity index is 1220. The lowest BCUT2D eigenvalue weighted by Gasteiger charge is -2.29. The van der Waals surface area contributed by atoms with Crippen molar-refractivity contribution < 1.29 is 0 Å². The van der Waals surface area contributed by atoms with Crippen LogP contribution in [0.5, 0.6) is 0 Å². The molecule has 0 bridgehead atoms. The van der Waals surface area contributed by atoms with E-state index in [0.717, 1.165) is 47.0 Å². The van der Waals surface area contributed by atoms with E-state index < -0.39 is 0 Å². The molecule has 1 unspecified atom stereocenters. The Kier molecular flexibility index (Phi) is 5.48. The Balaban J connectivity index is 1.32. The van der Waals surface area contributed by atoms with Gasteiger partial charge in [0.1, 0.15) is 10.7 Å². The summed E-state index contributed by atoms with van der Waals surface area (Å²) >= 11 is 1.56. The van der Waals surface area contributed by atoms with Crippen LogP contribution in [0.25, 0.3) is 20.7 Å². The van der Waals surface area contributed by atoms with Crippen LogP contribution in [-0.2, 0) is 6.54 Å². The lowest BCUT2D eigenvalue weighted by atomic mass is 10.2. The lowest BCUT2D eigenvalue weighted by molar-refractivity contribution is 0.296. The molecule has 1 aliphatic rings. The number of H-pyrrole nitrogens is 1. The Morgan fingerprint density at radius 1 is 1.23 bits per heavy atom. The van der Waals surface area contributed by atoms with Crippen LogP contribution in [0.3, 0.4) is 0 Å². The number of thiophene rings is 1. The van der Waals surface area contributed by atoms with Crippen molar-refractivity contribution in [3.8, 4) is 10.4 Å². The second kappa shape index (κ2) is 8.56. The maximum absolute atomic E-state index is 12.7. The summed E-state index contributed by atoms with van der Waals surface area (Å²) in [4.78, 5) is 26.8. The predicted octanol–water partition coefficient (Wildman–Crippen LogP) is 3.54. The van der Waals surface area contributed by atoms with Crippen molar-refractivity contribution in [2.45, 2.75) is 25.4 Å². The molecule has 158 valence electrons. The fraction of sp³-hybridized carbons (Fsp3) is 0.304. The van der Waals surface area contributed by atoms with Gasteiger partial charge in [-0.2, -0.15) is 5.10 Å². The molecule has 4 aromatic rings. The van der Waals surface area contributed by atoms with Crippen LogP contribution < -0.4 is 10.5 Å². The first-order valence-electron chi connectivity index (χ1n) is 10.5. The Morgan fingerprint density at radius 2 is 2.10 bits per heavy atom. The zero-order valence-corrected chi connectivity index (χ0v) is 18.2. The van der Waals surface area contributed by atoms with E-state index >= 15 is 0 Å². The summed E-state index contributed by atoms with van der Waals surface area (Å²) in [6, 6.07) is 16.4. The first-order chi connectivity index (χ1) is 15.2. The number of hydrogen-bond donors (Lipinski definition) is 1. The highest BCUT2D eigenvalue weighted by Crippen LogP contribution is 2.30. The number of hydrogen-bond acceptors (Lipinski definition) is 7. The summed E-state index contributed by atoms with van der Waals surface area (Å²) in [5.74, 6) is 1.63. The van der Waals surface area contributed by atoms with Crippen molar-refractivity contribution in [2.24, 2.45) is 0 Å². The van der Waals surface area contributed by atoms with Crippen molar-refractivity contribution in [3.05, 3.63) is 70.9 Å². The minimum Gasteiger partial charge on any atom is -0.351 e. The van der Waals surface area contributed by atoms with Crippen molar-refractivity contribution in [1.29, 1.82) is 0 Å². The van der Waals surface area contributed by atoms with Crippen LogP contribution in [0.15, 0.2) is 59.5 Å². The number of likely N-dealkylation sites (N-methyl/N-ethyl adjacent to an activating group) is 1. The number of nitrogens with zero attached hydrogens (tertiary/aromatic N) is 5. The maximum atomic E-state index is 12.7. The van der Waals surface area contributed by atoms with Gasteiger partial charge in [0.15, 0.2) is 5.82 Å². The quantitative estimate of drug-likeness (QED) is 0.502. The monoisotopic (exact) mass is 432 g/mol. The molecular weight excluding hydrogens is 408 g/mol. The summed E-state index contributed by atoms with van der Waals surface area (Å²) < 4.78 is 0. The fourth-order valence-electron chi connectivity index (χ4n) is 4.25. The maximum Gasteiger partial charge on any atom is 0.259 e. The standard InChI is InChI=1S/C23H24N6OS/c1-28(14-17-9-6-12-29(17)21-10-5-11-24-27-21)15-20-25-22(30)18-13-19(31-23(18)26-20)16-7-3-2-4-8-16/h2-5,7-8,10-11,13,17H,6,9,12,14-15H2,1H3,(H,25,26,30). The highest BCUT2D eigenvalue weighted by atomic mass is 32.1. The first kappa shape index (κ1) is 19.8. The summed E-state index contributed by atoms with van der Waals surface area (Å²) in [6.45, 7) is 2.46. The Labute approximate surface area is 184 Å². The molecule has 0 aliphatic carbocycles. The molecule has 1 fully saturated rings. The number of rotatable bonds is 6.